The fourth-order valence-electron chi connectivity index (χ4n) is 1.31. The van der Waals surface area contributed by atoms with E-state index in [1.807, 2.05) is 6.20 Å². The van der Waals surface area contributed by atoms with Crippen molar-refractivity contribution in [3.63, 3.8) is 0 Å². The minimum Gasteiger partial charge on any atom is -0.371 e. The Morgan fingerprint density at radius 3 is 3.25 bits per heavy atom. The Balaban J connectivity index is 2.11. The quantitative estimate of drug-likeness (QED) is 0.690. The van der Waals surface area contributed by atoms with Crippen LogP contribution < -0.4 is 0 Å². The summed E-state index contributed by atoms with van der Waals surface area (Å²) in [5.41, 5.74) is 0. The lowest BCUT2D eigenvalue weighted by atomic mass is 10.2. The highest BCUT2D eigenvalue weighted by Gasteiger charge is 2.20. The van der Waals surface area contributed by atoms with Crippen LogP contribution in [0.5, 0.6) is 0 Å². The number of hydrogen-bond donors (Lipinski definition) is 0. The molecule has 1 fully saturated rings. The third-order valence-electron chi connectivity index (χ3n) is 1.91. The fourth-order valence-corrected chi connectivity index (χ4v) is 2.39. The summed E-state index contributed by atoms with van der Waals surface area (Å²) in [5.74, 6) is 0.560. The van der Waals surface area contributed by atoms with Crippen LogP contribution in [0.4, 0.5) is 0 Å². The molecule has 0 spiro atoms. The summed E-state index contributed by atoms with van der Waals surface area (Å²) < 4.78 is 5.50. The van der Waals surface area contributed by atoms with Crippen molar-refractivity contribution in [3.8, 4) is 0 Å². The molecule has 66 valence electrons. The largest absolute Gasteiger partial charge is 0.371 e. The third kappa shape index (κ3) is 1.63. The van der Waals surface area contributed by atoms with Gasteiger partial charge in [0.05, 0.1) is 5.88 Å². The number of halogens is 1. The molecule has 0 radical (unpaired) electrons. The van der Waals surface area contributed by atoms with E-state index in [1.165, 1.54) is 0 Å². The second-order valence-electron chi connectivity index (χ2n) is 2.80. The predicted molar refractivity (Wildman–Crippen MR) is 49.6 cm³/mol. The molecule has 12 heavy (non-hydrogen) atoms. The van der Waals surface area contributed by atoms with Gasteiger partial charge in [0, 0.05) is 17.7 Å². The molecule has 0 aromatic carbocycles. The molecule has 0 N–H and O–H groups in total. The first-order valence-corrected chi connectivity index (χ1v) is 5.37. The molecule has 0 bridgehead atoms. The highest BCUT2D eigenvalue weighted by Crippen LogP contribution is 2.31. The third-order valence-corrected chi connectivity index (χ3v) is 3.44. The molecule has 0 saturated carbocycles. The molecule has 1 unspecified atom stereocenters. The highest BCUT2D eigenvalue weighted by molar-refractivity contribution is 7.11. The Labute approximate surface area is 80.5 Å². The molecule has 0 amide bonds. The number of alkyl halides is 1. The van der Waals surface area contributed by atoms with Crippen molar-refractivity contribution < 1.29 is 4.74 Å². The standard InChI is InChI=1S/C8H10ClNOS/c9-4-6-5-10-8(12-6)7-2-1-3-11-7/h5,7H,1-4H2. The molecule has 1 aromatic rings. The molecule has 1 aliphatic rings. The Morgan fingerprint density at radius 1 is 1.75 bits per heavy atom. The summed E-state index contributed by atoms with van der Waals surface area (Å²) >= 11 is 7.34. The number of nitrogens with zero attached hydrogens (tertiary/aromatic N) is 1. The highest BCUT2D eigenvalue weighted by atomic mass is 35.5. The minimum atomic E-state index is 0.243. The molecule has 2 rings (SSSR count). The van der Waals surface area contributed by atoms with Gasteiger partial charge in [-0.05, 0) is 12.8 Å². The van der Waals surface area contributed by atoms with Gasteiger partial charge in [-0.25, -0.2) is 4.98 Å². The first-order chi connectivity index (χ1) is 5.90. The van der Waals surface area contributed by atoms with E-state index in [9.17, 15) is 0 Å². The van der Waals surface area contributed by atoms with Crippen LogP contribution in [-0.4, -0.2) is 11.6 Å². The second kappa shape index (κ2) is 3.73. The topological polar surface area (TPSA) is 22.1 Å². The van der Waals surface area contributed by atoms with Gasteiger partial charge in [-0.1, -0.05) is 0 Å². The van der Waals surface area contributed by atoms with Gasteiger partial charge in [0.1, 0.15) is 11.1 Å². The molecule has 0 aliphatic carbocycles. The maximum Gasteiger partial charge on any atom is 0.122 e. The van der Waals surface area contributed by atoms with Crippen molar-refractivity contribution in [2.45, 2.75) is 24.8 Å². The van der Waals surface area contributed by atoms with Gasteiger partial charge in [0.15, 0.2) is 0 Å². The van der Waals surface area contributed by atoms with E-state index < -0.39 is 0 Å². The molecule has 1 aromatic heterocycles. The summed E-state index contributed by atoms with van der Waals surface area (Å²) in [7, 11) is 0. The zero-order chi connectivity index (χ0) is 8.39. The van der Waals surface area contributed by atoms with Crippen LogP contribution >= 0.6 is 22.9 Å². The Hall–Kier alpha value is -0.120. The molecule has 2 heterocycles. The van der Waals surface area contributed by atoms with Crippen LogP contribution in [0.15, 0.2) is 6.20 Å². The first kappa shape index (κ1) is 8.48. The summed E-state index contributed by atoms with van der Waals surface area (Å²) in [4.78, 5) is 5.41. The normalized spacial score (nSPS) is 23.2. The molecule has 4 heteroatoms. The van der Waals surface area contributed by atoms with Crippen molar-refractivity contribution >= 4 is 22.9 Å². The van der Waals surface area contributed by atoms with Gasteiger partial charge >= 0.3 is 0 Å². The van der Waals surface area contributed by atoms with Gasteiger partial charge in [-0.3, -0.25) is 0 Å². The summed E-state index contributed by atoms with van der Waals surface area (Å²) in [5, 5.41) is 1.09. The number of rotatable bonds is 2. The van der Waals surface area contributed by atoms with E-state index in [2.05, 4.69) is 4.98 Å². The van der Waals surface area contributed by atoms with E-state index in [0.717, 1.165) is 29.3 Å². The van der Waals surface area contributed by atoms with E-state index in [-0.39, 0.29) is 6.10 Å². The van der Waals surface area contributed by atoms with E-state index in [1.54, 1.807) is 11.3 Å². The fraction of sp³-hybridized carbons (Fsp3) is 0.625. The molecule has 1 saturated heterocycles. The van der Waals surface area contributed by atoms with Gasteiger partial charge < -0.3 is 4.74 Å². The zero-order valence-corrected chi connectivity index (χ0v) is 8.20. The van der Waals surface area contributed by atoms with Gasteiger partial charge in [0.2, 0.25) is 0 Å². The van der Waals surface area contributed by atoms with Crippen LogP contribution in [0.3, 0.4) is 0 Å². The average Bonchev–Trinajstić information content (AvgIpc) is 2.75. The van der Waals surface area contributed by atoms with Crippen molar-refractivity contribution in [1.29, 1.82) is 0 Å². The maximum absolute atomic E-state index is 5.68. The molecule has 1 aliphatic heterocycles. The molecule has 1 atom stereocenters. The Kier molecular flexibility index (Phi) is 2.63. The summed E-state index contributed by atoms with van der Waals surface area (Å²) in [6.45, 7) is 0.875. The van der Waals surface area contributed by atoms with Crippen molar-refractivity contribution in [2.75, 3.05) is 6.61 Å². The Morgan fingerprint density at radius 2 is 2.67 bits per heavy atom. The van der Waals surface area contributed by atoms with E-state index in [4.69, 9.17) is 16.3 Å². The predicted octanol–water partition coefficient (Wildman–Crippen LogP) is 2.73. The van der Waals surface area contributed by atoms with E-state index in [0.29, 0.717) is 5.88 Å². The van der Waals surface area contributed by atoms with Crippen LogP contribution in [0.1, 0.15) is 28.8 Å². The smallest absolute Gasteiger partial charge is 0.122 e. The van der Waals surface area contributed by atoms with Gasteiger partial charge in [-0.2, -0.15) is 0 Å². The number of thiazole rings is 1. The first-order valence-electron chi connectivity index (χ1n) is 4.02. The average molecular weight is 204 g/mol. The number of hydrogen-bond acceptors (Lipinski definition) is 3. The summed E-state index contributed by atoms with van der Waals surface area (Å²) in [6.07, 6.45) is 4.34. The van der Waals surface area contributed by atoms with Crippen LogP contribution in [0.25, 0.3) is 0 Å². The van der Waals surface area contributed by atoms with Crippen LogP contribution in [0, 0.1) is 0 Å². The summed E-state index contributed by atoms with van der Waals surface area (Å²) in [6, 6.07) is 0. The lowest BCUT2D eigenvalue weighted by molar-refractivity contribution is 0.111. The van der Waals surface area contributed by atoms with Crippen LogP contribution in [0.2, 0.25) is 0 Å². The monoisotopic (exact) mass is 203 g/mol. The molecular formula is C8H10ClNOS. The van der Waals surface area contributed by atoms with Gasteiger partial charge in [-0.15, -0.1) is 22.9 Å². The maximum atomic E-state index is 5.68. The Bertz CT molecular complexity index is 257. The van der Waals surface area contributed by atoms with Crippen LogP contribution in [-0.2, 0) is 10.6 Å². The lowest BCUT2D eigenvalue weighted by Crippen LogP contribution is -1.93. The second-order valence-corrected chi connectivity index (χ2v) is 4.21. The molecular weight excluding hydrogens is 194 g/mol. The van der Waals surface area contributed by atoms with Crippen molar-refractivity contribution in [1.82, 2.24) is 4.98 Å². The number of ether oxygens (including phenoxy) is 1. The zero-order valence-electron chi connectivity index (χ0n) is 6.62. The van der Waals surface area contributed by atoms with Crippen molar-refractivity contribution in [3.05, 3.63) is 16.1 Å². The van der Waals surface area contributed by atoms with Crippen molar-refractivity contribution in [2.24, 2.45) is 0 Å². The van der Waals surface area contributed by atoms with E-state index >= 15 is 0 Å². The SMILES string of the molecule is ClCc1cnc(C2CCCO2)s1. The number of aromatic nitrogens is 1. The minimum absolute atomic E-state index is 0.243. The lowest BCUT2D eigenvalue weighted by Gasteiger charge is -2.02. The van der Waals surface area contributed by atoms with Gasteiger partial charge in [0.25, 0.3) is 0 Å². The molecule has 2 nitrogen and oxygen atoms in total.